The van der Waals surface area contributed by atoms with Gasteiger partial charge in [-0.15, -0.1) is 0 Å². The van der Waals surface area contributed by atoms with Crippen LogP contribution in [0.25, 0.3) is 0 Å². The van der Waals surface area contributed by atoms with E-state index in [9.17, 15) is 4.79 Å². The highest BCUT2D eigenvalue weighted by Gasteiger charge is 2.09. The largest absolute Gasteiger partial charge is 0.427 e. The van der Waals surface area contributed by atoms with Gasteiger partial charge < -0.3 is 4.74 Å². The summed E-state index contributed by atoms with van der Waals surface area (Å²) in [5, 5.41) is 0. The molecule has 106 valence electrons. The van der Waals surface area contributed by atoms with E-state index in [1.165, 1.54) is 25.7 Å². The van der Waals surface area contributed by atoms with E-state index in [4.69, 9.17) is 4.74 Å². The molecule has 0 radical (unpaired) electrons. The van der Waals surface area contributed by atoms with E-state index >= 15 is 0 Å². The Morgan fingerprint density at radius 3 is 2.42 bits per heavy atom. The van der Waals surface area contributed by atoms with Gasteiger partial charge in [0.25, 0.3) is 0 Å². The first kappa shape index (κ1) is 15.7. The maximum absolute atomic E-state index is 11.7. The number of para-hydroxylation sites is 1. The lowest BCUT2D eigenvalue weighted by Crippen LogP contribution is -2.08. The fraction of sp³-hybridized carbons (Fsp3) is 0.588. The number of carbonyl (C=O) groups is 1. The topological polar surface area (TPSA) is 26.3 Å². The first-order chi connectivity index (χ1) is 9.26. The van der Waals surface area contributed by atoms with E-state index in [1.807, 2.05) is 30.3 Å². The molecule has 0 N–H and O–H groups in total. The molecule has 19 heavy (non-hydrogen) atoms. The van der Waals surface area contributed by atoms with Crippen LogP contribution in [0, 0.1) is 5.92 Å². The number of esters is 1. The van der Waals surface area contributed by atoms with Crippen LogP contribution in [0.15, 0.2) is 30.3 Å². The number of rotatable bonds is 9. The Balaban J connectivity index is 2.19. The molecule has 0 saturated heterocycles. The Labute approximate surface area is 117 Å². The van der Waals surface area contributed by atoms with Crippen molar-refractivity contribution in [1.82, 2.24) is 0 Å². The summed E-state index contributed by atoms with van der Waals surface area (Å²) in [7, 11) is 0. The van der Waals surface area contributed by atoms with Crippen molar-refractivity contribution in [3.8, 4) is 5.75 Å². The van der Waals surface area contributed by atoms with Crippen LogP contribution in [0.3, 0.4) is 0 Å². The molecule has 1 atom stereocenters. The Kier molecular flexibility index (Phi) is 7.95. The summed E-state index contributed by atoms with van der Waals surface area (Å²) < 4.78 is 5.27. The van der Waals surface area contributed by atoms with E-state index in [-0.39, 0.29) is 5.97 Å². The van der Waals surface area contributed by atoms with Crippen molar-refractivity contribution in [2.24, 2.45) is 5.92 Å². The lowest BCUT2D eigenvalue weighted by molar-refractivity contribution is -0.134. The van der Waals surface area contributed by atoms with E-state index < -0.39 is 0 Å². The second-order valence-corrected chi connectivity index (χ2v) is 5.10. The normalized spacial score (nSPS) is 12.1. The Morgan fingerprint density at radius 2 is 1.79 bits per heavy atom. The van der Waals surface area contributed by atoms with Gasteiger partial charge >= 0.3 is 5.97 Å². The summed E-state index contributed by atoms with van der Waals surface area (Å²) in [6.45, 7) is 4.46. The van der Waals surface area contributed by atoms with Crippen LogP contribution in [0.1, 0.15) is 58.8 Å². The van der Waals surface area contributed by atoms with Gasteiger partial charge in [0.05, 0.1) is 0 Å². The third kappa shape index (κ3) is 7.00. The fourth-order valence-corrected chi connectivity index (χ4v) is 2.25. The maximum Gasteiger partial charge on any atom is 0.311 e. The average molecular weight is 262 g/mol. The van der Waals surface area contributed by atoms with Crippen LogP contribution < -0.4 is 4.74 Å². The number of hydrogen-bond donors (Lipinski definition) is 0. The van der Waals surface area contributed by atoms with Crippen LogP contribution in [-0.4, -0.2) is 5.97 Å². The molecule has 0 amide bonds. The SMILES string of the molecule is CCCCC(CC)CCCC(=O)Oc1ccccc1. The predicted octanol–water partition coefficient (Wildman–Crippen LogP) is 4.98. The van der Waals surface area contributed by atoms with Crippen molar-refractivity contribution in [3.05, 3.63) is 30.3 Å². The second-order valence-electron chi connectivity index (χ2n) is 5.10. The molecule has 0 spiro atoms. The van der Waals surface area contributed by atoms with Gasteiger partial charge in [-0.1, -0.05) is 57.7 Å². The van der Waals surface area contributed by atoms with Crippen LogP contribution in [-0.2, 0) is 4.79 Å². The molecule has 1 aromatic rings. The minimum Gasteiger partial charge on any atom is -0.427 e. The molecule has 2 heteroatoms. The highest BCUT2D eigenvalue weighted by Crippen LogP contribution is 2.19. The van der Waals surface area contributed by atoms with Gasteiger partial charge in [-0.05, 0) is 30.9 Å². The maximum atomic E-state index is 11.7. The molecule has 2 nitrogen and oxygen atoms in total. The molecule has 0 aliphatic rings. The minimum atomic E-state index is -0.114. The second kappa shape index (κ2) is 9.60. The molecule has 0 bridgehead atoms. The van der Waals surface area contributed by atoms with Crippen LogP contribution in [0.5, 0.6) is 5.75 Å². The zero-order valence-electron chi connectivity index (χ0n) is 12.2. The number of ether oxygens (including phenoxy) is 1. The molecule has 0 heterocycles. The van der Waals surface area contributed by atoms with Crippen LogP contribution in [0.4, 0.5) is 0 Å². The predicted molar refractivity (Wildman–Crippen MR) is 79.2 cm³/mol. The van der Waals surface area contributed by atoms with E-state index in [0.717, 1.165) is 18.8 Å². The Bertz CT molecular complexity index is 346. The first-order valence-electron chi connectivity index (χ1n) is 7.52. The summed E-state index contributed by atoms with van der Waals surface area (Å²) >= 11 is 0. The summed E-state index contributed by atoms with van der Waals surface area (Å²) in [6, 6.07) is 9.29. The third-order valence-electron chi connectivity index (χ3n) is 3.51. The number of unbranched alkanes of at least 4 members (excludes halogenated alkanes) is 1. The van der Waals surface area contributed by atoms with Gasteiger partial charge in [0, 0.05) is 6.42 Å². The monoisotopic (exact) mass is 262 g/mol. The molecule has 0 fully saturated rings. The van der Waals surface area contributed by atoms with Crippen LogP contribution >= 0.6 is 0 Å². The van der Waals surface area contributed by atoms with Gasteiger partial charge in [0.1, 0.15) is 5.75 Å². The quantitative estimate of drug-likeness (QED) is 0.463. The number of hydrogen-bond acceptors (Lipinski definition) is 2. The van der Waals surface area contributed by atoms with E-state index in [0.29, 0.717) is 12.2 Å². The van der Waals surface area contributed by atoms with Crippen molar-refractivity contribution in [1.29, 1.82) is 0 Å². The average Bonchev–Trinajstić information content (AvgIpc) is 2.43. The highest BCUT2D eigenvalue weighted by molar-refractivity contribution is 5.72. The summed E-state index contributed by atoms with van der Waals surface area (Å²) in [6.07, 6.45) is 7.67. The summed E-state index contributed by atoms with van der Waals surface area (Å²) in [5.74, 6) is 1.30. The minimum absolute atomic E-state index is 0.114. The molecule has 0 aromatic heterocycles. The molecule has 1 rings (SSSR count). The van der Waals surface area contributed by atoms with Gasteiger partial charge in [0.15, 0.2) is 0 Å². The highest BCUT2D eigenvalue weighted by atomic mass is 16.5. The standard InChI is InChI=1S/C17H26O2/c1-3-5-10-15(4-2)11-9-14-17(18)19-16-12-7-6-8-13-16/h6-8,12-13,15H,3-5,9-11,14H2,1-2H3. The van der Waals surface area contributed by atoms with Crippen molar-refractivity contribution >= 4 is 5.97 Å². The number of benzene rings is 1. The molecular weight excluding hydrogens is 236 g/mol. The third-order valence-corrected chi connectivity index (χ3v) is 3.51. The van der Waals surface area contributed by atoms with E-state index in [2.05, 4.69) is 13.8 Å². The van der Waals surface area contributed by atoms with Gasteiger partial charge in [-0.3, -0.25) is 4.79 Å². The van der Waals surface area contributed by atoms with Crippen molar-refractivity contribution in [3.63, 3.8) is 0 Å². The zero-order chi connectivity index (χ0) is 13.9. The molecule has 0 aliphatic heterocycles. The number of carbonyl (C=O) groups excluding carboxylic acids is 1. The lowest BCUT2D eigenvalue weighted by atomic mass is 9.94. The Morgan fingerprint density at radius 1 is 1.11 bits per heavy atom. The van der Waals surface area contributed by atoms with Gasteiger partial charge in [0.2, 0.25) is 0 Å². The summed E-state index contributed by atoms with van der Waals surface area (Å²) in [5.41, 5.74) is 0. The van der Waals surface area contributed by atoms with E-state index in [1.54, 1.807) is 0 Å². The van der Waals surface area contributed by atoms with Crippen molar-refractivity contribution in [2.45, 2.75) is 58.8 Å². The first-order valence-corrected chi connectivity index (χ1v) is 7.52. The molecule has 0 aliphatic carbocycles. The smallest absolute Gasteiger partial charge is 0.311 e. The zero-order valence-corrected chi connectivity index (χ0v) is 12.2. The fourth-order valence-electron chi connectivity index (χ4n) is 2.25. The van der Waals surface area contributed by atoms with Gasteiger partial charge in [-0.25, -0.2) is 0 Å². The van der Waals surface area contributed by atoms with Crippen molar-refractivity contribution < 1.29 is 9.53 Å². The molecule has 1 unspecified atom stereocenters. The van der Waals surface area contributed by atoms with Crippen molar-refractivity contribution in [2.75, 3.05) is 0 Å². The lowest BCUT2D eigenvalue weighted by Gasteiger charge is -2.13. The summed E-state index contributed by atoms with van der Waals surface area (Å²) in [4.78, 5) is 11.7. The van der Waals surface area contributed by atoms with Gasteiger partial charge in [-0.2, -0.15) is 0 Å². The van der Waals surface area contributed by atoms with Crippen LogP contribution in [0.2, 0.25) is 0 Å². The molecule has 1 aromatic carbocycles. The molecule has 0 saturated carbocycles. The molecular formula is C17H26O2. The Hall–Kier alpha value is -1.31.